The lowest BCUT2D eigenvalue weighted by Crippen LogP contribution is -2.36. The first-order chi connectivity index (χ1) is 9.15. The second-order valence-electron chi connectivity index (χ2n) is 4.49. The third-order valence-corrected chi connectivity index (χ3v) is 2.71. The van der Waals surface area contributed by atoms with E-state index in [0.717, 1.165) is 6.07 Å². The van der Waals surface area contributed by atoms with Gasteiger partial charge >= 0.3 is 6.36 Å². The van der Waals surface area contributed by atoms with Crippen molar-refractivity contribution in [3.05, 3.63) is 23.8 Å². The molecule has 0 heterocycles. The largest absolute Gasteiger partial charge is 0.573 e. The number of hydrogen-bond donors (Lipinski definition) is 1. The summed E-state index contributed by atoms with van der Waals surface area (Å²) in [6, 6.07) is 3.49. The van der Waals surface area contributed by atoms with Crippen LogP contribution in [0.2, 0.25) is 0 Å². The number of alkyl halides is 3. The second-order valence-corrected chi connectivity index (χ2v) is 4.49. The van der Waals surface area contributed by atoms with Crippen LogP contribution in [0.4, 0.5) is 18.9 Å². The van der Waals surface area contributed by atoms with Crippen molar-refractivity contribution in [2.24, 2.45) is 0 Å². The summed E-state index contributed by atoms with van der Waals surface area (Å²) >= 11 is 0. The predicted octanol–water partition coefficient (Wildman–Crippen LogP) is 3.04. The molecule has 0 aliphatic carbocycles. The molecule has 0 aliphatic rings. The maximum absolute atomic E-state index is 12.2. The fraction of sp³-hybridized carbons (Fsp3) is 0.462. The highest BCUT2D eigenvalue weighted by atomic mass is 19.4. The number of ether oxygens (including phenoxy) is 1. The standard InChI is InChI=1S/C13H17F3N2O2/c1-4-18(8(2)3)12(19)9-5-6-11(10(17)7-9)20-13(14,15)16/h5-8H,4,17H2,1-3H3. The molecule has 2 N–H and O–H groups in total. The molecular weight excluding hydrogens is 273 g/mol. The van der Waals surface area contributed by atoms with Crippen LogP contribution in [0.25, 0.3) is 0 Å². The quantitative estimate of drug-likeness (QED) is 0.867. The van der Waals surface area contributed by atoms with Crippen molar-refractivity contribution in [3.8, 4) is 5.75 Å². The Labute approximate surface area is 115 Å². The van der Waals surface area contributed by atoms with Crippen LogP contribution >= 0.6 is 0 Å². The number of benzene rings is 1. The lowest BCUT2D eigenvalue weighted by molar-refractivity contribution is -0.274. The number of anilines is 1. The van der Waals surface area contributed by atoms with E-state index >= 15 is 0 Å². The smallest absolute Gasteiger partial charge is 0.404 e. The van der Waals surface area contributed by atoms with Crippen molar-refractivity contribution in [3.63, 3.8) is 0 Å². The van der Waals surface area contributed by atoms with Crippen molar-refractivity contribution in [1.29, 1.82) is 0 Å². The molecule has 0 fully saturated rings. The highest BCUT2D eigenvalue weighted by Crippen LogP contribution is 2.29. The molecule has 7 heteroatoms. The van der Waals surface area contributed by atoms with Crippen LogP contribution < -0.4 is 10.5 Å². The van der Waals surface area contributed by atoms with Crippen LogP contribution in [0.5, 0.6) is 5.75 Å². The Balaban J connectivity index is 3.00. The molecule has 0 radical (unpaired) electrons. The zero-order chi connectivity index (χ0) is 15.5. The van der Waals surface area contributed by atoms with E-state index in [1.165, 1.54) is 12.1 Å². The van der Waals surface area contributed by atoms with Crippen LogP contribution in [0, 0.1) is 0 Å². The zero-order valence-electron chi connectivity index (χ0n) is 11.5. The molecule has 1 amide bonds. The van der Waals surface area contributed by atoms with Gasteiger partial charge in [0.1, 0.15) is 0 Å². The monoisotopic (exact) mass is 290 g/mol. The van der Waals surface area contributed by atoms with Gasteiger partial charge in [-0.2, -0.15) is 0 Å². The summed E-state index contributed by atoms with van der Waals surface area (Å²) in [6.45, 7) is 6.03. The van der Waals surface area contributed by atoms with Crippen LogP contribution in [0.1, 0.15) is 31.1 Å². The van der Waals surface area contributed by atoms with Gasteiger partial charge in [-0.1, -0.05) is 0 Å². The molecule has 1 aromatic carbocycles. The fourth-order valence-electron chi connectivity index (χ4n) is 1.81. The molecular formula is C13H17F3N2O2. The van der Waals surface area contributed by atoms with Gasteiger partial charge in [-0.15, -0.1) is 13.2 Å². The Kier molecular flexibility index (Phi) is 4.86. The molecule has 0 aliphatic heterocycles. The Bertz CT molecular complexity index is 487. The van der Waals surface area contributed by atoms with Gasteiger partial charge in [0.2, 0.25) is 0 Å². The molecule has 0 aromatic heterocycles. The maximum atomic E-state index is 12.2. The molecule has 0 saturated carbocycles. The molecule has 0 unspecified atom stereocenters. The topological polar surface area (TPSA) is 55.6 Å². The average Bonchev–Trinajstić information content (AvgIpc) is 2.30. The van der Waals surface area contributed by atoms with Gasteiger partial charge < -0.3 is 15.4 Å². The summed E-state index contributed by atoms with van der Waals surface area (Å²) in [4.78, 5) is 13.8. The Morgan fingerprint density at radius 1 is 1.40 bits per heavy atom. The minimum atomic E-state index is -4.81. The first-order valence-electron chi connectivity index (χ1n) is 6.12. The van der Waals surface area contributed by atoms with Crippen molar-refractivity contribution in [2.45, 2.75) is 33.2 Å². The highest BCUT2D eigenvalue weighted by molar-refractivity contribution is 5.95. The number of nitrogens with zero attached hydrogens (tertiary/aromatic N) is 1. The number of nitrogens with two attached hydrogens (primary N) is 1. The van der Waals surface area contributed by atoms with E-state index in [9.17, 15) is 18.0 Å². The Morgan fingerprint density at radius 2 is 2.00 bits per heavy atom. The van der Waals surface area contributed by atoms with E-state index in [1.54, 1.807) is 4.90 Å². The molecule has 20 heavy (non-hydrogen) atoms. The van der Waals surface area contributed by atoms with Gasteiger partial charge in [0.25, 0.3) is 5.91 Å². The Hall–Kier alpha value is -1.92. The highest BCUT2D eigenvalue weighted by Gasteiger charge is 2.32. The first-order valence-corrected chi connectivity index (χ1v) is 6.12. The van der Waals surface area contributed by atoms with Crippen molar-refractivity contribution < 1.29 is 22.7 Å². The lowest BCUT2D eigenvalue weighted by atomic mass is 10.1. The van der Waals surface area contributed by atoms with Crippen LogP contribution in [0.15, 0.2) is 18.2 Å². The van der Waals surface area contributed by atoms with E-state index in [-0.39, 0.29) is 23.2 Å². The molecule has 0 atom stereocenters. The van der Waals surface area contributed by atoms with Crippen LogP contribution in [-0.4, -0.2) is 29.8 Å². The second kappa shape index (κ2) is 6.02. The van der Waals surface area contributed by atoms with Crippen molar-refractivity contribution in [1.82, 2.24) is 4.90 Å². The summed E-state index contributed by atoms with van der Waals surface area (Å²) in [7, 11) is 0. The Morgan fingerprint density at radius 3 is 2.40 bits per heavy atom. The predicted molar refractivity (Wildman–Crippen MR) is 69.4 cm³/mol. The van der Waals surface area contributed by atoms with Crippen molar-refractivity contribution in [2.75, 3.05) is 12.3 Å². The number of halogens is 3. The molecule has 1 aromatic rings. The van der Waals surface area contributed by atoms with Gasteiger partial charge in [0.05, 0.1) is 5.69 Å². The molecule has 112 valence electrons. The van der Waals surface area contributed by atoms with Gasteiger partial charge in [-0.25, -0.2) is 0 Å². The van der Waals surface area contributed by atoms with E-state index < -0.39 is 12.1 Å². The van der Waals surface area contributed by atoms with Crippen molar-refractivity contribution >= 4 is 11.6 Å². The number of rotatable bonds is 4. The minimum absolute atomic E-state index is 0.0140. The normalized spacial score (nSPS) is 11.6. The van der Waals surface area contributed by atoms with Gasteiger partial charge in [-0.05, 0) is 39.0 Å². The fourth-order valence-corrected chi connectivity index (χ4v) is 1.81. The summed E-state index contributed by atoms with van der Waals surface area (Å²) in [6.07, 6.45) is -4.81. The van der Waals surface area contributed by atoms with Crippen LogP contribution in [0.3, 0.4) is 0 Å². The summed E-state index contributed by atoms with van der Waals surface area (Å²) < 4.78 is 40.1. The van der Waals surface area contributed by atoms with E-state index in [0.29, 0.717) is 6.54 Å². The molecule has 0 bridgehead atoms. The summed E-state index contributed by atoms with van der Waals surface area (Å²) in [5.41, 5.74) is 5.49. The summed E-state index contributed by atoms with van der Waals surface area (Å²) in [5, 5.41) is 0. The number of carbonyl (C=O) groups is 1. The number of nitrogen functional groups attached to an aromatic ring is 1. The van der Waals surface area contributed by atoms with Crippen LogP contribution in [-0.2, 0) is 0 Å². The maximum Gasteiger partial charge on any atom is 0.573 e. The van der Waals surface area contributed by atoms with Gasteiger partial charge in [-0.3, -0.25) is 4.79 Å². The molecule has 1 rings (SSSR count). The molecule has 4 nitrogen and oxygen atoms in total. The van der Waals surface area contributed by atoms with Gasteiger partial charge in [0.15, 0.2) is 5.75 Å². The third kappa shape index (κ3) is 4.04. The molecule has 0 saturated heterocycles. The number of carbonyl (C=O) groups excluding carboxylic acids is 1. The van der Waals surface area contributed by atoms with E-state index in [4.69, 9.17) is 5.73 Å². The molecule has 0 spiro atoms. The summed E-state index contributed by atoms with van der Waals surface area (Å²) in [5.74, 6) is -0.797. The first kappa shape index (κ1) is 16.1. The number of hydrogen-bond acceptors (Lipinski definition) is 3. The number of amides is 1. The van der Waals surface area contributed by atoms with E-state index in [2.05, 4.69) is 4.74 Å². The van der Waals surface area contributed by atoms with Gasteiger partial charge in [0, 0.05) is 18.2 Å². The lowest BCUT2D eigenvalue weighted by Gasteiger charge is -2.25. The third-order valence-electron chi connectivity index (χ3n) is 2.71. The SMILES string of the molecule is CCN(C(=O)c1ccc(OC(F)(F)F)c(N)c1)C(C)C. The minimum Gasteiger partial charge on any atom is -0.404 e. The zero-order valence-corrected chi connectivity index (χ0v) is 11.5. The van der Waals surface area contributed by atoms with E-state index in [1.807, 2.05) is 20.8 Å². The average molecular weight is 290 g/mol.